The SMILES string of the molecule is CC/C=C/c1c(C)nn(C)c1Oc1ccccc1. The Morgan fingerprint density at radius 2 is 2.00 bits per heavy atom. The maximum Gasteiger partial charge on any atom is 0.225 e. The van der Waals surface area contributed by atoms with E-state index in [1.54, 1.807) is 4.68 Å². The summed E-state index contributed by atoms with van der Waals surface area (Å²) in [6.45, 7) is 4.10. The number of rotatable bonds is 4. The minimum atomic E-state index is 0.781. The Morgan fingerprint density at radius 3 is 2.67 bits per heavy atom. The first-order valence-corrected chi connectivity index (χ1v) is 6.15. The summed E-state index contributed by atoms with van der Waals surface area (Å²) in [5, 5.41) is 4.40. The minimum absolute atomic E-state index is 0.781. The molecule has 3 heteroatoms. The molecule has 0 aliphatic carbocycles. The molecule has 2 rings (SSSR count). The maximum atomic E-state index is 5.91. The van der Waals surface area contributed by atoms with Crippen LogP contribution in [0.15, 0.2) is 36.4 Å². The molecule has 0 aliphatic heterocycles. The highest BCUT2D eigenvalue weighted by molar-refractivity contribution is 5.58. The molecule has 0 unspecified atom stereocenters. The third-order valence-electron chi connectivity index (χ3n) is 2.69. The topological polar surface area (TPSA) is 27.1 Å². The van der Waals surface area contributed by atoms with E-state index in [1.807, 2.05) is 44.3 Å². The smallest absolute Gasteiger partial charge is 0.225 e. The van der Waals surface area contributed by atoms with Gasteiger partial charge in [0, 0.05) is 7.05 Å². The minimum Gasteiger partial charge on any atom is -0.439 e. The Morgan fingerprint density at radius 1 is 1.28 bits per heavy atom. The molecule has 1 aromatic heterocycles. The lowest BCUT2D eigenvalue weighted by Crippen LogP contribution is -1.95. The Labute approximate surface area is 108 Å². The Balaban J connectivity index is 2.35. The number of hydrogen-bond donors (Lipinski definition) is 0. The molecular weight excluding hydrogens is 224 g/mol. The Bertz CT molecular complexity index is 541. The molecule has 0 saturated carbocycles. The summed E-state index contributed by atoms with van der Waals surface area (Å²) in [6.07, 6.45) is 5.18. The number of aromatic nitrogens is 2. The predicted molar refractivity (Wildman–Crippen MR) is 73.8 cm³/mol. The molecule has 0 amide bonds. The van der Waals surface area contributed by atoms with Gasteiger partial charge in [-0.25, -0.2) is 4.68 Å². The van der Waals surface area contributed by atoms with E-state index in [-0.39, 0.29) is 0 Å². The zero-order valence-corrected chi connectivity index (χ0v) is 11.1. The molecule has 0 atom stereocenters. The van der Waals surface area contributed by atoms with Crippen molar-refractivity contribution in [1.82, 2.24) is 9.78 Å². The van der Waals surface area contributed by atoms with Gasteiger partial charge in [-0.15, -0.1) is 0 Å². The van der Waals surface area contributed by atoms with Crippen molar-refractivity contribution in [2.45, 2.75) is 20.3 Å². The van der Waals surface area contributed by atoms with Crippen molar-refractivity contribution in [2.24, 2.45) is 7.05 Å². The van der Waals surface area contributed by atoms with E-state index in [0.717, 1.165) is 29.3 Å². The van der Waals surface area contributed by atoms with E-state index in [1.165, 1.54) is 0 Å². The van der Waals surface area contributed by atoms with Crippen molar-refractivity contribution < 1.29 is 4.74 Å². The lowest BCUT2D eigenvalue weighted by molar-refractivity contribution is 0.430. The summed E-state index contributed by atoms with van der Waals surface area (Å²) in [4.78, 5) is 0. The summed E-state index contributed by atoms with van der Waals surface area (Å²) in [5.74, 6) is 1.61. The zero-order valence-electron chi connectivity index (χ0n) is 11.1. The summed E-state index contributed by atoms with van der Waals surface area (Å²) in [7, 11) is 1.90. The summed E-state index contributed by atoms with van der Waals surface area (Å²) >= 11 is 0. The third-order valence-corrected chi connectivity index (χ3v) is 2.69. The second kappa shape index (κ2) is 5.54. The van der Waals surface area contributed by atoms with Crippen LogP contribution >= 0.6 is 0 Å². The fraction of sp³-hybridized carbons (Fsp3) is 0.267. The van der Waals surface area contributed by atoms with Gasteiger partial charge < -0.3 is 4.74 Å². The first-order valence-electron chi connectivity index (χ1n) is 6.15. The average Bonchev–Trinajstić information content (AvgIpc) is 2.63. The second-order valence-corrected chi connectivity index (χ2v) is 4.15. The van der Waals surface area contributed by atoms with Crippen LogP contribution < -0.4 is 4.74 Å². The van der Waals surface area contributed by atoms with Crippen molar-refractivity contribution in [2.75, 3.05) is 0 Å². The molecule has 0 saturated heterocycles. The van der Waals surface area contributed by atoms with Crippen LogP contribution in [0.25, 0.3) is 6.08 Å². The van der Waals surface area contributed by atoms with Crippen LogP contribution in [0, 0.1) is 6.92 Å². The van der Waals surface area contributed by atoms with Crippen LogP contribution in [0.5, 0.6) is 11.6 Å². The van der Waals surface area contributed by atoms with Crippen LogP contribution in [-0.4, -0.2) is 9.78 Å². The molecule has 0 radical (unpaired) electrons. The number of aryl methyl sites for hydroxylation is 2. The lowest BCUT2D eigenvalue weighted by atomic mass is 10.2. The van der Waals surface area contributed by atoms with Gasteiger partial charge in [-0.2, -0.15) is 5.10 Å². The molecule has 1 aromatic carbocycles. The third kappa shape index (κ3) is 2.62. The van der Waals surface area contributed by atoms with Crippen LogP contribution in [-0.2, 0) is 7.05 Å². The number of hydrogen-bond acceptors (Lipinski definition) is 2. The summed E-state index contributed by atoms with van der Waals surface area (Å²) in [6, 6.07) is 9.77. The number of benzene rings is 1. The first kappa shape index (κ1) is 12.4. The number of allylic oxidation sites excluding steroid dienone is 1. The standard InChI is InChI=1S/C15H18N2O/c1-4-5-11-14-12(2)16-17(3)15(14)18-13-9-7-6-8-10-13/h5-11H,4H2,1-3H3/b11-5+. The molecule has 1 heterocycles. The van der Waals surface area contributed by atoms with E-state index in [4.69, 9.17) is 4.74 Å². The van der Waals surface area contributed by atoms with Gasteiger partial charge in [-0.3, -0.25) is 0 Å². The Hall–Kier alpha value is -2.03. The van der Waals surface area contributed by atoms with Crippen LogP contribution in [0.3, 0.4) is 0 Å². The number of nitrogens with zero attached hydrogens (tertiary/aromatic N) is 2. The molecule has 0 bridgehead atoms. The highest BCUT2D eigenvalue weighted by Crippen LogP contribution is 2.28. The molecule has 0 N–H and O–H groups in total. The molecule has 3 nitrogen and oxygen atoms in total. The van der Waals surface area contributed by atoms with Crippen LogP contribution in [0.4, 0.5) is 0 Å². The molecule has 2 aromatic rings. The van der Waals surface area contributed by atoms with Crippen molar-refractivity contribution in [3.05, 3.63) is 47.7 Å². The zero-order chi connectivity index (χ0) is 13.0. The average molecular weight is 242 g/mol. The van der Waals surface area contributed by atoms with E-state index in [9.17, 15) is 0 Å². The fourth-order valence-corrected chi connectivity index (χ4v) is 1.80. The van der Waals surface area contributed by atoms with Crippen LogP contribution in [0.1, 0.15) is 24.6 Å². The molecule has 0 spiro atoms. The van der Waals surface area contributed by atoms with E-state index < -0.39 is 0 Å². The van der Waals surface area contributed by atoms with E-state index in [0.29, 0.717) is 0 Å². The quantitative estimate of drug-likeness (QED) is 0.811. The monoisotopic (exact) mass is 242 g/mol. The van der Waals surface area contributed by atoms with E-state index in [2.05, 4.69) is 24.2 Å². The highest BCUT2D eigenvalue weighted by atomic mass is 16.5. The summed E-state index contributed by atoms with van der Waals surface area (Å²) < 4.78 is 7.68. The van der Waals surface area contributed by atoms with Gasteiger partial charge in [-0.1, -0.05) is 37.3 Å². The Kier molecular flexibility index (Phi) is 3.82. The number of ether oxygens (including phenoxy) is 1. The lowest BCUT2D eigenvalue weighted by Gasteiger charge is -2.06. The van der Waals surface area contributed by atoms with Gasteiger partial charge in [0.2, 0.25) is 5.88 Å². The van der Waals surface area contributed by atoms with Crippen molar-refractivity contribution >= 4 is 6.08 Å². The fourth-order valence-electron chi connectivity index (χ4n) is 1.80. The van der Waals surface area contributed by atoms with Crippen LogP contribution in [0.2, 0.25) is 0 Å². The van der Waals surface area contributed by atoms with Gasteiger partial charge in [-0.05, 0) is 25.5 Å². The molecule has 18 heavy (non-hydrogen) atoms. The molecule has 0 fully saturated rings. The highest BCUT2D eigenvalue weighted by Gasteiger charge is 2.12. The van der Waals surface area contributed by atoms with Gasteiger partial charge in [0.1, 0.15) is 5.75 Å². The number of para-hydroxylation sites is 1. The first-order chi connectivity index (χ1) is 8.72. The van der Waals surface area contributed by atoms with Gasteiger partial charge in [0.15, 0.2) is 0 Å². The van der Waals surface area contributed by atoms with E-state index >= 15 is 0 Å². The summed E-state index contributed by atoms with van der Waals surface area (Å²) in [5.41, 5.74) is 2.02. The van der Waals surface area contributed by atoms with Gasteiger partial charge in [0.25, 0.3) is 0 Å². The van der Waals surface area contributed by atoms with Gasteiger partial charge >= 0.3 is 0 Å². The predicted octanol–water partition coefficient (Wildman–Crippen LogP) is 3.94. The van der Waals surface area contributed by atoms with Gasteiger partial charge in [0.05, 0.1) is 11.3 Å². The molecule has 94 valence electrons. The van der Waals surface area contributed by atoms with Crippen molar-refractivity contribution in [1.29, 1.82) is 0 Å². The largest absolute Gasteiger partial charge is 0.439 e. The normalized spacial score (nSPS) is 11.1. The van der Waals surface area contributed by atoms with Crippen molar-refractivity contribution in [3.8, 4) is 11.6 Å². The second-order valence-electron chi connectivity index (χ2n) is 4.15. The molecular formula is C15H18N2O. The molecule has 0 aliphatic rings. The maximum absolute atomic E-state index is 5.91. The van der Waals surface area contributed by atoms with Crippen molar-refractivity contribution in [3.63, 3.8) is 0 Å².